The van der Waals surface area contributed by atoms with Gasteiger partial charge in [-0.25, -0.2) is 0 Å². The SMILES string of the molecule is CC(=O)Nc1ccsc1CNCC[C@@]1(c2ccccn2)CCOC2(CCCC2)C1. The Labute approximate surface area is 177 Å². The zero-order valence-electron chi connectivity index (χ0n) is 17.2. The quantitative estimate of drug-likeness (QED) is 0.649. The Kier molecular flexibility index (Phi) is 6.32. The number of aromatic nitrogens is 1. The Morgan fingerprint density at radius 3 is 2.86 bits per heavy atom. The van der Waals surface area contributed by atoms with Crippen LogP contribution in [0.15, 0.2) is 35.8 Å². The van der Waals surface area contributed by atoms with Crippen LogP contribution in [0, 0.1) is 0 Å². The first-order chi connectivity index (χ1) is 14.1. The number of anilines is 1. The molecule has 3 heterocycles. The molecule has 0 unspecified atom stereocenters. The summed E-state index contributed by atoms with van der Waals surface area (Å²) >= 11 is 1.68. The number of thiophene rings is 1. The van der Waals surface area contributed by atoms with E-state index in [4.69, 9.17) is 9.72 Å². The lowest BCUT2D eigenvalue weighted by molar-refractivity contribution is -0.114. The molecule has 1 aliphatic heterocycles. The molecule has 1 saturated heterocycles. The zero-order chi connectivity index (χ0) is 20.2. The summed E-state index contributed by atoms with van der Waals surface area (Å²) in [7, 11) is 0. The molecule has 6 heteroatoms. The number of nitrogens with zero attached hydrogens (tertiary/aromatic N) is 1. The molecule has 1 amide bonds. The molecule has 1 saturated carbocycles. The normalized spacial score (nSPS) is 23.3. The van der Waals surface area contributed by atoms with E-state index in [1.165, 1.54) is 36.3 Å². The Morgan fingerprint density at radius 2 is 2.10 bits per heavy atom. The van der Waals surface area contributed by atoms with Crippen LogP contribution in [-0.4, -0.2) is 29.6 Å². The van der Waals surface area contributed by atoms with Gasteiger partial charge in [0.25, 0.3) is 0 Å². The fourth-order valence-electron chi connectivity index (χ4n) is 5.10. The average molecular weight is 414 g/mol. The van der Waals surface area contributed by atoms with Crippen LogP contribution in [0.5, 0.6) is 0 Å². The molecule has 2 N–H and O–H groups in total. The molecule has 156 valence electrons. The molecule has 4 rings (SSSR count). The number of carbonyl (C=O) groups excluding carboxylic acids is 1. The molecule has 5 nitrogen and oxygen atoms in total. The van der Waals surface area contributed by atoms with Crippen molar-refractivity contribution in [3.05, 3.63) is 46.4 Å². The van der Waals surface area contributed by atoms with Gasteiger partial charge in [-0.1, -0.05) is 18.9 Å². The highest BCUT2D eigenvalue weighted by Gasteiger charge is 2.48. The van der Waals surface area contributed by atoms with Gasteiger partial charge in [-0.2, -0.15) is 0 Å². The molecule has 2 aromatic heterocycles. The number of amides is 1. The summed E-state index contributed by atoms with van der Waals surface area (Å²) in [6, 6.07) is 8.28. The summed E-state index contributed by atoms with van der Waals surface area (Å²) in [5, 5.41) is 8.56. The summed E-state index contributed by atoms with van der Waals surface area (Å²) in [6.07, 6.45) is 10.0. The van der Waals surface area contributed by atoms with Gasteiger partial charge in [-0.15, -0.1) is 11.3 Å². The lowest BCUT2D eigenvalue weighted by Crippen LogP contribution is -2.47. The van der Waals surface area contributed by atoms with E-state index in [-0.39, 0.29) is 16.9 Å². The van der Waals surface area contributed by atoms with Gasteiger partial charge < -0.3 is 15.4 Å². The number of ether oxygens (including phenoxy) is 1. The molecule has 2 fully saturated rings. The molecule has 2 aromatic rings. The third-order valence-corrected chi connectivity index (χ3v) is 7.42. The Hall–Kier alpha value is -1.76. The standard InChI is InChI=1S/C23H31N3O2S/c1-18(27)26-19-7-15-29-20(19)16-24-13-10-22(21-6-2-5-12-25-21)11-14-28-23(17-22)8-3-4-9-23/h2,5-7,12,15,24H,3-4,8-11,13-14,16-17H2,1H3,(H,26,27)/t22-/m1/s1. The number of pyridine rings is 1. The van der Waals surface area contributed by atoms with Crippen molar-refractivity contribution in [2.24, 2.45) is 0 Å². The number of hydrogen-bond donors (Lipinski definition) is 2. The minimum absolute atomic E-state index is 0.0252. The fourth-order valence-corrected chi connectivity index (χ4v) is 5.90. The van der Waals surface area contributed by atoms with Crippen LogP contribution in [0.4, 0.5) is 5.69 Å². The van der Waals surface area contributed by atoms with Crippen LogP contribution < -0.4 is 10.6 Å². The average Bonchev–Trinajstić information content (AvgIpc) is 3.35. The summed E-state index contributed by atoms with van der Waals surface area (Å²) in [5.41, 5.74) is 2.27. The molecule has 29 heavy (non-hydrogen) atoms. The van der Waals surface area contributed by atoms with Crippen LogP contribution in [-0.2, 0) is 21.5 Å². The van der Waals surface area contributed by atoms with Gasteiger partial charge in [0.2, 0.25) is 5.91 Å². The van der Waals surface area contributed by atoms with Crippen molar-refractivity contribution in [1.82, 2.24) is 10.3 Å². The molecule has 0 aromatic carbocycles. The Morgan fingerprint density at radius 1 is 1.24 bits per heavy atom. The van der Waals surface area contributed by atoms with Gasteiger partial charge in [0.1, 0.15) is 0 Å². The number of carbonyl (C=O) groups is 1. The van der Waals surface area contributed by atoms with Gasteiger partial charge in [0.05, 0.1) is 11.3 Å². The third kappa shape index (κ3) is 4.71. The smallest absolute Gasteiger partial charge is 0.221 e. The maximum atomic E-state index is 11.4. The van der Waals surface area contributed by atoms with E-state index in [0.29, 0.717) is 0 Å². The molecule has 1 atom stereocenters. The van der Waals surface area contributed by atoms with Crippen molar-refractivity contribution in [1.29, 1.82) is 0 Å². The molecule has 1 aliphatic carbocycles. The van der Waals surface area contributed by atoms with Crippen LogP contribution in [0.3, 0.4) is 0 Å². The van der Waals surface area contributed by atoms with E-state index < -0.39 is 0 Å². The lowest BCUT2D eigenvalue weighted by atomic mass is 9.68. The predicted molar refractivity (Wildman–Crippen MR) is 117 cm³/mol. The number of nitrogens with one attached hydrogen (secondary N) is 2. The highest BCUT2D eigenvalue weighted by Crippen LogP contribution is 2.49. The van der Waals surface area contributed by atoms with Gasteiger partial charge in [-0.05, 0) is 62.2 Å². The molecular weight excluding hydrogens is 382 g/mol. The van der Waals surface area contributed by atoms with E-state index in [0.717, 1.165) is 44.6 Å². The van der Waals surface area contributed by atoms with Gasteiger partial charge in [0, 0.05) is 42.3 Å². The third-order valence-electron chi connectivity index (χ3n) is 6.49. The molecule has 1 spiro atoms. The highest BCUT2D eigenvalue weighted by molar-refractivity contribution is 7.10. The molecule has 0 bridgehead atoms. The molecular formula is C23H31N3O2S. The van der Waals surface area contributed by atoms with E-state index in [1.54, 1.807) is 18.3 Å². The van der Waals surface area contributed by atoms with Crippen molar-refractivity contribution >= 4 is 22.9 Å². The second-order valence-corrected chi connectivity index (χ2v) is 9.53. The van der Waals surface area contributed by atoms with Crippen molar-refractivity contribution in [2.45, 2.75) is 69.4 Å². The van der Waals surface area contributed by atoms with Crippen molar-refractivity contribution in [3.63, 3.8) is 0 Å². The summed E-state index contributed by atoms with van der Waals surface area (Å²) < 4.78 is 6.33. The minimum atomic E-state index is -0.0252. The lowest BCUT2D eigenvalue weighted by Gasteiger charge is -2.46. The Balaban J connectivity index is 1.43. The van der Waals surface area contributed by atoms with Crippen LogP contribution in [0.1, 0.15) is 62.4 Å². The number of hydrogen-bond acceptors (Lipinski definition) is 5. The molecule has 0 radical (unpaired) electrons. The second kappa shape index (κ2) is 8.94. The zero-order valence-corrected chi connectivity index (χ0v) is 18.0. The van der Waals surface area contributed by atoms with Crippen molar-refractivity contribution < 1.29 is 9.53 Å². The van der Waals surface area contributed by atoms with Crippen LogP contribution in [0.2, 0.25) is 0 Å². The first-order valence-electron chi connectivity index (χ1n) is 10.7. The first-order valence-corrected chi connectivity index (χ1v) is 11.6. The van der Waals surface area contributed by atoms with Gasteiger partial charge in [-0.3, -0.25) is 9.78 Å². The summed E-state index contributed by atoms with van der Waals surface area (Å²) in [4.78, 5) is 17.3. The van der Waals surface area contributed by atoms with Crippen LogP contribution >= 0.6 is 11.3 Å². The largest absolute Gasteiger partial charge is 0.375 e. The van der Waals surface area contributed by atoms with Crippen molar-refractivity contribution in [3.8, 4) is 0 Å². The first kappa shape index (κ1) is 20.5. The van der Waals surface area contributed by atoms with E-state index >= 15 is 0 Å². The van der Waals surface area contributed by atoms with Gasteiger partial charge >= 0.3 is 0 Å². The summed E-state index contributed by atoms with van der Waals surface area (Å²) in [6.45, 7) is 4.07. The fraction of sp³-hybridized carbons (Fsp3) is 0.565. The van der Waals surface area contributed by atoms with Crippen LogP contribution in [0.25, 0.3) is 0 Å². The van der Waals surface area contributed by atoms with E-state index in [9.17, 15) is 4.79 Å². The Bertz CT molecular complexity index is 817. The monoisotopic (exact) mass is 413 g/mol. The van der Waals surface area contributed by atoms with E-state index in [1.807, 2.05) is 23.7 Å². The second-order valence-electron chi connectivity index (χ2n) is 8.53. The number of rotatable bonds is 7. The maximum absolute atomic E-state index is 11.4. The minimum Gasteiger partial charge on any atom is -0.375 e. The molecule has 2 aliphatic rings. The van der Waals surface area contributed by atoms with Crippen molar-refractivity contribution in [2.75, 3.05) is 18.5 Å². The summed E-state index contributed by atoms with van der Waals surface area (Å²) in [5.74, 6) is -0.0252. The topological polar surface area (TPSA) is 63.2 Å². The van der Waals surface area contributed by atoms with Gasteiger partial charge in [0.15, 0.2) is 0 Å². The predicted octanol–water partition coefficient (Wildman–Crippen LogP) is 4.64. The maximum Gasteiger partial charge on any atom is 0.221 e. The van der Waals surface area contributed by atoms with E-state index in [2.05, 4.69) is 22.8 Å². The highest BCUT2D eigenvalue weighted by atomic mass is 32.1.